The Morgan fingerprint density at radius 3 is 2.72 bits per heavy atom. The molecule has 2 aliphatic carbocycles. The Hall–Kier alpha value is -0.280. The first-order chi connectivity index (χ1) is 8.46. The van der Waals surface area contributed by atoms with E-state index in [1.165, 1.54) is 25.7 Å². The van der Waals surface area contributed by atoms with Gasteiger partial charge < -0.3 is 10.1 Å². The fourth-order valence-electron chi connectivity index (χ4n) is 3.62. The molecule has 0 aromatic rings. The van der Waals surface area contributed by atoms with Crippen LogP contribution < -0.4 is 5.32 Å². The normalized spacial score (nSPS) is 36.1. The van der Waals surface area contributed by atoms with Crippen LogP contribution in [0.15, 0.2) is 0 Å². The molecule has 18 heavy (non-hydrogen) atoms. The van der Waals surface area contributed by atoms with Crippen LogP contribution in [0.3, 0.4) is 0 Å². The Kier molecular flexibility index (Phi) is 2.73. The monoisotopic (exact) mass is 271 g/mol. The molecule has 3 fully saturated rings. The number of alkyl halides is 1. The van der Waals surface area contributed by atoms with Gasteiger partial charge in [-0.25, -0.2) is 0 Å². The second-order valence-electron chi connectivity index (χ2n) is 6.92. The van der Waals surface area contributed by atoms with Crippen molar-refractivity contribution in [3.05, 3.63) is 0 Å². The number of hydrogen-bond donors (Lipinski definition) is 1. The lowest BCUT2D eigenvalue weighted by Crippen LogP contribution is -2.52. The van der Waals surface area contributed by atoms with Crippen molar-refractivity contribution in [3.63, 3.8) is 0 Å². The van der Waals surface area contributed by atoms with E-state index in [0.29, 0.717) is 11.8 Å². The summed E-state index contributed by atoms with van der Waals surface area (Å²) in [5.74, 6) is 1.10. The van der Waals surface area contributed by atoms with Gasteiger partial charge in [-0.3, -0.25) is 4.79 Å². The largest absolute Gasteiger partial charge is 0.374 e. The Bertz CT molecular complexity index is 378. The lowest BCUT2D eigenvalue weighted by atomic mass is 9.68. The molecule has 1 N–H and O–H groups in total. The summed E-state index contributed by atoms with van der Waals surface area (Å²) in [6, 6.07) is 0. The molecule has 3 rings (SSSR count). The second-order valence-corrected chi connectivity index (χ2v) is 7.18. The van der Waals surface area contributed by atoms with Gasteiger partial charge >= 0.3 is 0 Å². The van der Waals surface area contributed by atoms with Gasteiger partial charge in [-0.1, -0.05) is 0 Å². The van der Waals surface area contributed by atoms with Crippen LogP contribution in [0.4, 0.5) is 0 Å². The molecule has 2 saturated carbocycles. The van der Waals surface area contributed by atoms with E-state index < -0.39 is 5.41 Å². The molecule has 0 radical (unpaired) electrons. The van der Waals surface area contributed by atoms with Crippen LogP contribution in [0.1, 0.15) is 39.5 Å². The van der Waals surface area contributed by atoms with E-state index in [0.717, 1.165) is 13.2 Å². The molecule has 3 nitrogen and oxygen atoms in total. The molecule has 1 amide bonds. The van der Waals surface area contributed by atoms with E-state index >= 15 is 0 Å². The highest BCUT2D eigenvalue weighted by atomic mass is 35.5. The van der Waals surface area contributed by atoms with Gasteiger partial charge in [0, 0.05) is 17.8 Å². The molecule has 102 valence electrons. The van der Waals surface area contributed by atoms with Gasteiger partial charge in [0.05, 0.1) is 17.6 Å². The molecular weight excluding hydrogens is 250 g/mol. The number of rotatable bonds is 4. The van der Waals surface area contributed by atoms with Crippen LogP contribution in [-0.4, -0.2) is 30.5 Å². The number of ether oxygens (including phenoxy) is 1. The molecule has 0 aromatic heterocycles. The zero-order valence-electron chi connectivity index (χ0n) is 11.2. The first-order valence-corrected chi connectivity index (χ1v) is 7.48. The highest BCUT2D eigenvalue weighted by Crippen LogP contribution is 2.70. The minimum absolute atomic E-state index is 0.0684. The van der Waals surface area contributed by atoms with Crippen LogP contribution >= 0.6 is 11.6 Å². The maximum absolute atomic E-state index is 12.1. The van der Waals surface area contributed by atoms with Gasteiger partial charge in [0.15, 0.2) is 0 Å². The van der Waals surface area contributed by atoms with Crippen LogP contribution in [-0.2, 0) is 9.53 Å². The number of carbonyl (C=O) groups excluding carboxylic acids is 1. The molecule has 1 saturated heterocycles. The minimum Gasteiger partial charge on any atom is -0.374 e. The Labute approximate surface area is 114 Å². The van der Waals surface area contributed by atoms with Crippen molar-refractivity contribution in [2.24, 2.45) is 16.7 Å². The van der Waals surface area contributed by atoms with Crippen molar-refractivity contribution in [3.8, 4) is 0 Å². The number of halogens is 1. The highest BCUT2D eigenvalue weighted by Gasteiger charge is 2.73. The average Bonchev–Trinajstić information content (AvgIpc) is 2.92. The van der Waals surface area contributed by atoms with Crippen molar-refractivity contribution < 1.29 is 9.53 Å². The Balaban J connectivity index is 1.63. The molecule has 4 heteroatoms. The molecule has 0 bridgehead atoms. The molecule has 2 unspecified atom stereocenters. The van der Waals surface area contributed by atoms with Crippen molar-refractivity contribution in [1.82, 2.24) is 5.32 Å². The average molecular weight is 272 g/mol. The quantitative estimate of drug-likeness (QED) is 0.797. The lowest BCUT2D eigenvalue weighted by molar-refractivity contribution is -0.131. The number of nitrogens with one attached hydrogen (secondary N) is 1. The molecular formula is C14H22ClNO2. The van der Waals surface area contributed by atoms with Gasteiger partial charge in [0.25, 0.3) is 0 Å². The molecule has 2 atom stereocenters. The lowest BCUT2D eigenvalue weighted by Gasteiger charge is -2.45. The molecule has 1 aliphatic heterocycles. The Morgan fingerprint density at radius 1 is 1.50 bits per heavy atom. The van der Waals surface area contributed by atoms with E-state index in [-0.39, 0.29) is 16.9 Å². The first kappa shape index (κ1) is 12.7. The van der Waals surface area contributed by atoms with Crippen molar-refractivity contribution >= 4 is 17.5 Å². The molecule has 0 aromatic carbocycles. The summed E-state index contributed by atoms with van der Waals surface area (Å²) >= 11 is 5.84. The summed E-state index contributed by atoms with van der Waals surface area (Å²) in [5.41, 5.74) is -0.117. The summed E-state index contributed by atoms with van der Waals surface area (Å²) in [6.45, 7) is 5.45. The zero-order chi connectivity index (χ0) is 13.0. The van der Waals surface area contributed by atoms with Gasteiger partial charge in [0.1, 0.15) is 0 Å². The summed E-state index contributed by atoms with van der Waals surface area (Å²) in [6.07, 6.45) is 4.86. The van der Waals surface area contributed by atoms with E-state index in [4.69, 9.17) is 16.3 Å². The van der Waals surface area contributed by atoms with Crippen LogP contribution in [0.5, 0.6) is 0 Å². The summed E-state index contributed by atoms with van der Waals surface area (Å²) in [7, 11) is 0. The van der Waals surface area contributed by atoms with Crippen LogP contribution in [0.25, 0.3) is 0 Å². The fraction of sp³-hybridized carbons (Fsp3) is 0.929. The third kappa shape index (κ3) is 1.56. The van der Waals surface area contributed by atoms with Gasteiger partial charge in [-0.15, -0.1) is 11.6 Å². The maximum Gasteiger partial charge on any atom is 0.226 e. The standard InChI is InChI=1S/C14H22ClNO2/c1-12(2,8-15)11(17)16-9-13-6-10(13)7-18-14(13)4-3-5-14/h10H,3-9H2,1-2H3,(H,16,17). The SMILES string of the molecule is CC(C)(CCl)C(=O)NCC12CC1COC21CCC1. The molecule has 3 aliphatic rings. The topological polar surface area (TPSA) is 38.3 Å². The molecule has 1 heterocycles. The van der Waals surface area contributed by atoms with Crippen molar-refractivity contribution in [2.75, 3.05) is 19.0 Å². The summed E-state index contributed by atoms with van der Waals surface area (Å²) < 4.78 is 6.01. The predicted octanol–water partition coefficient (Wildman–Crippen LogP) is 2.33. The number of fused-ring (bicyclic) bond motifs is 2. The van der Waals surface area contributed by atoms with Gasteiger partial charge in [-0.2, -0.15) is 0 Å². The Morgan fingerprint density at radius 2 is 2.22 bits per heavy atom. The smallest absolute Gasteiger partial charge is 0.226 e. The highest BCUT2D eigenvalue weighted by molar-refractivity contribution is 6.19. The maximum atomic E-state index is 12.1. The predicted molar refractivity (Wildman–Crippen MR) is 70.6 cm³/mol. The van der Waals surface area contributed by atoms with Crippen molar-refractivity contribution in [1.29, 1.82) is 0 Å². The number of carbonyl (C=O) groups is 1. The van der Waals surface area contributed by atoms with E-state index in [1.54, 1.807) is 0 Å². The van der Waals surface area contributed by atoms with Crippen molar-refractivity contribution in [2.45, 2.75) is 45.1 Å². The first-order valence-electron chi connectivity index (χ1n) is 6.94. The van der Waals surface area contributed by atoms with E-state index in [9.17, 15) is 4.79 Å². The minimum atomic E-state index is -0.477. The molecule has 1 spiro atoms. The van der Waals surface area contributed by atoms with Crippen LogP contribution in [0, 0.1) is 16.7 Å². The third-order valence-corrected chi connectivity index (χ3v) is 6.04. The number of amides is 1. The van der Waals surface area contributed by atoms with E-state index in [2.05, 4.69) is 5.32 Å². The zero-order valence-corrected chi connectivity index (χ0v) is 12.0. The summed E-state index contributed by atoms with van der Waals surface area (Å²) in [4.78, 5) is 12.1. The van der Waals surface area contributed by atoms with Gasteiger partial charge in [-0.05, 0) is 45.4 Å². The van der Waals surface area contributed by atoms with Crippen LogP contribution in [0.2, 0.25) is 0 Å². The van der Waals surface area contributed by atoms with Gasteiger partial charge in [0.2, 0.25) is 5.91 Å². The summed E-state index contributed by atoms with van der Waals surface area (Å²) in [5, 5.41) is 3.12. The number of hydrogen-bond acceptors (Lipinski definition) is 2. The fourth-order valence-corrected chi connectivity index (χ4v) is 3.74. The third-order valence-electron chi connectivity index (χ3n) is 5.37. The van der Waals surface area contributed by atoms with E-state index in [1.807, 2.05) is 13.8 Å². The second kappa shape index (κ2) is 3.86.